The maximum atomic E-state index is 13.0. The second-order valence-electron chi connectivity index (χ2n) is 10.1. The Morgan fingerprint density at radius 3 is 2.43 bits per heavy atom. The van der Waals surface area contributed by atoms with Crippen LogP contribution in [-0.4, -0.2) is 34.6 Å². The van der Waals surface area contributed by atoms with Gasteiger partial charge in [-0.15, -0.1) is 0 Å². The number of para-hydroxylation sites is 1. The summed E-state index contributed by atoms with van der Waals surface area (Å²) in [4.78, 5) is 25.9. The van der Waals surface area contributed by atoms with Crippen LogP contribution in [0, 0.1) is 6.92 Å². The van der Waals surface area contributed by atoms with Crippen molar-refractivity contribution >= 4 is 25.0 Å². The zero-order valence-corrected chi connectivity index (χ0v) is 25.6. The summed E-state index contributed by atoms with van der Waals surface area (Å²) in [6.07, 6.45) is 6.53. The summed E-state index contributed by atoms with van der Waals surface area (Å²) in [5, 5.41) is 6.31. The third-order valence-electron chi connectivity index (χ3n) is 6.52. The van der Waals surface area contributed by atoms with Crippen molar-refractivity contribution in [1.82, 2.24) is 15.0 Å². The van der Waals surface area contributed by atoms with E-state index in [0.29, 0.717) is 34.3 Å². The van der Waals surface area contributed by atoms with Crippen LogP contribution in [-0.2, 0) is 4.57 Å². The lowest BCUT2D eigenvalue weighted by Crippen LogP contribution is -2.13. The normalized spacial score (nSPS) is 12.8. The molecule has 0 bridgehead atoms. The van der Waals surface area contributed by atoms with E-state index in [9.17, 15) is 9.36 Å². The molecule has 0 aliphatic carbocycles. The third-order valence-corrected chi connectivity index (χ3v) is 7.59. The molecule has 1 amide bonds. The molecule has 5 aromatic rings. The number of benzene rings is 3. The number of rotatable bonds is 11. The summed E-state index contributed by atoms with van der Waals surface area (Å²) in [6.45, 7) is 5.29. The number of ether oxygens (including phenoxy) is 1. The first-order valence-electron chi connectivity index (χ1n) is 13.8. The molecule has 1 unspecified atom stereocenters. The zero-order chi connectivity index (χ0) is 31.1. The molecule has 0 spiro atoms. The Labute approximate surface area is 256 Å². The Balaban J connectivity index is 1.28. The second-order valence-corrected chi connectivity index (χ2v) is 12.0. The highest BCUT2D eigenvalue weighted by Gasteiger charge is 2.23. The molecular weight excluding hydrogens is 577 g/mol. The van der Waals surface area contributed by atoms with Crippen molar-refractivity contribution in [2.24, 2.45) is 0 Å². The first kappa shape index (κ1) is 30.3. The number of carbonyl (C=O) groups is 1. The number of aryl methyl sites for hydroxylation is 1. The van der Waals surface area contributed by atoms with Gasteiger partial charge >= 0.3 is 7.60 Å². The van der Waals surface area contributed by atoms with Crippen molar-refractivity contribution < 1.29 is 23.1 Å². The third kappa shape index (κ3) is 7.79. The summed E-state index contributed by atoms with van der Waals surface area (Å²) in [5.41, 5.74) is 4.35. The highest BCUT2D eigenvalue weighted by atomic mass is 31.2. The van der Waals surface area contributed by atoms with Gasteiger partial charge in [0, 0.05) is 23.6 Å². The molecule has 2 atom stereocenters. The van der Waals surface area contributed by atoms with Gasteiger partial charge in [-0.25, -0.2) is 9.55 Å². The van der Waals surface area contributed by atoms with Crippen LogP contribution in [0.25, 0.3) is 11.3 Å². The molecule has 11 heteroatoms. The summed E-state index contributed by atoms with van der Waals surface area (Å²) in [7, 11) is -1.99. The van der Waals surface area contributed by atoms with E-state index in [0.717, 1.165) is 16.7 Å². The summed E-state index contributed by atoms with van der Waals surface area (Å²) in [6, 6.07) is 23.3. The number of methoxy groups -OCH3 is 1. The molecule has 0 aliphatic rings. The number of aromatic nitrogens is 3. The monoisotopic (exact) mass is 609 g/mol. The average molecular weight is 610 g/mol. The number of anilines is 2. The smallest absolute Gasteiger partial charge is 0.427 e. The lowest BCUT2D eigenvalue weighted by molar-refractivity contribution is 0.102. The van der Waals surface area contributed by atoms with Crippen LogP contribution in [0.5, 0.6) is 17.2 Å². The fourth-order valence-electron chi connectivity index (χ4n) is 4.42. The molecule has 44 heavy (non-hydrogen) atoms. The van der Waals surface area contributed by atoms with Crippen LogP contribution >= 0.6 is 7.60 Å². The van der Waals surface area contributed by atoms with E-state index in [-0.39, 0.29) is 17.7 Å². The fraction of sp³-hybridized carbons (Fsp3) is 0.152. The van der Waals surface area contributed by atoms with Crippen molar-refractivity contribution in [3.8, 4) is 28.5 Å². The highest BCUT2D eigenvalue weighted by molar-refractivity contribution is 7.53. The topological polar surface area (TPSA) is 125 Å². The van der Waals surface area contributed by atoms with E-state index in [1.807, 2.05) is 44.2 Å². The molecule has 3 aromatic carbocycles. The highest BCUT2D eigenvalue weighted by Crippen LogP contribution is 2.48. The van der Waals surface area contributed by atoms with E-state index in [4.69, 9.17) is 18.8 Å². The Morgan fingerprint density at radius 1 is 0.864 bits per heavy atom. The zero-order valence-electron chi connectivity index (χ0n) is 24.7. The van der Waals surface area contributed by atoms with Gasteiger partial charge in [-0.1, -0.05) is 30.3 Å². The minimum absolute atomic E-state index is 0.148. The van der Waals surface area contributed by atoms with Crippen molar-refractivity contribution in [3.63, 3.8) is 0 Å². The molecule has 5 rings (SSSR count). The quantitative estimate of drug-likeness (QED) is 0.146. The molecule has 2 heterocycles. The Bertz CT molecular complexity index is 1820. The van der Waals surface area contributed by atoms with Gasteiger partial charge in [0.1, 0.15) is 11.6 Å². The first-order valence-corrected chi connectivity index (χ1v) is 15.8. The number of amides is 1. The number of hydrogen-bond donors (Lipinski definition) is 2. The molecular formula is C33H32N5O5P. The molecule has 2 aromatic heterocycles. The van der Waals surface area contributed by atoms with Gasteiger partial charge in [0.15, 0.2) is 11.5 Å². The summed E-state index contributed by atoms with van der Waals surface area (Å²) in [5.74, 6) is 1.42. The first-order chi connectivity index (χ1) is 21.2. The molecule has 0 saturated heterocycles. The fourth-order valence-corrected chi connectivity index (χ4v) is 5.47. The predicted molar refractivity (Wildman–Crippen MR) is 171 cm³/mol. The SMILES string of the molecule is COc1cc(-c2cncc(N[C@@H](C)c3cccc(NC(=O)c4cncc(C)c4)c3)n2)ccc1OP(C)(=O)Oc1ccccc1. The largest absolute Gasteiger partial charge is 0.493 e. The maximum absolute atomic E-state index is 13.0. The molecule has 224 valence electrons. The van der Waals surface area contributed by atoms with Crippen LogP contribution in [0.2, 0.25) is 0 Å². The summed E-state index contributed by atoms with van der Waals surface area (Å²) >= 11 is 0. The average Bonchev–Trinajstić information content (AvgIpc) is 3.01. The van der Waals surface area contributed by atoms with Crippen LogP contribution in [0.1, 0.15) is 34.5 Å². The van der Waals surface area contributed by atoms with E-state index >= 15 is 0 Å². The molecule has 0 aliphatic heterocycles. The van der Waals surface area contributed by atoms with Gasteiger partial charge in [-0.2, -0.15) is 0 Å². The minimum Gasteiger partial charge on any atom is -0.493 e. The van der Waals surface area contributed by atoms with E-state index in [2.05, 4.69) is 20.6 Å². The molecule has 10 nitrogen and oxygen atoms in total. The Hall–Kier alpha value is -5.21. The van der Waals surface area contributed by atoms with Gasteiger partial charge in [0.25, 0.3) is 5.91 Å². The van der Waals surface area contributed by atoms with E-state index in [1.54, 1.807) is 73.3 Å². The van der Waals surface area contributed by atoms with Crippen LogP contribution in [0.3, 0.4) is 0 Å². The maximum Gasteiger partial charge on any atom is 0.427 e. The standard InChI is InChI=1S/C33H32N5O5P/c1-22-15-26(19-34-18-22)33(39)37-27-10-8-9-24(16-27)23(2)36-32-21-35-20-29(38-32)25-13-14-30(31(17-25)41-3)43-44(4,40)42-28-11-6-5-7-12-28/h5-21,23H,1-4H3,(H,36,38)(H,37,39)/t23-,44?/m0/s1. The Kier molecular flexibility index (Phi) is 9.21. The van der Waals surface area contributed by atoms with E-state index < -0.39 is 7.60 Å². The number of nitrogens with one attached hydrogen (secondary N) is 2. The van der Waals surface area contributed by atoms with Crippen molar-refractivity contribution in [3.05, 3.63) is 120 Å². The van der Waals surface area contributed by atoms with Gasteiger partial charge < -0.3 is 24.4 Å². The number of carbonyl (C=O) groups excluding carboxylic acids is 1. The second kappa shape index (κ2) is 13.4. The van der Waals surface area contributed by atoms with Gasteiger partial charge in [0.2, 0.25) is 0 Å². The van der Waals surface area contributed by atoms with E-state index in [1.165, 1.54) is 13.8 Å². The lowest BCUT2D eigenvalue weighted by atomic mass is 10.1. The van der Waals surface area contributed by atoms with Crippen LogP contribution in [0.15, 0.2) is 104 Å². The predicted octanol–water partition coefficient (Wildman–Crippen LogP) is 7.56. The lowest BCUT2D eigenvalue weighted by Gasteiger charge is -2.18. The van der Waals surface area contributed by atoms with Gasteiger partial charge in [0.05, 0.1) is 43.5 Å². The van der Waals surface area contributed by atoms with Crippen molar-refractivity contribution in [2.75, 3.05) is 24.4 Å². The number of nitrogens with zero attached hydrogens (tertiary/aromatic N) is 3. The molecule has 0 saturated carbocycles. The Morgan fingerprint density at radius 2 is 1.66 bits per heavy atom. The summed E-state index contributed by atoms with van der Waals surface area (Å²) < 4.78 is 29.9. The molecule has 0 fully saturated rings. The molecule has 0 radical (unpaired) electrons. The molecule has 2 N–H and O–H groups in total. The van der Waals surface area contributed by atoms with Gasteiger partial charge in [-0.05, 0) is 73.5 Å². The number of pyridine rings is 1. The number of hydrogen-bond acceptors (Lipinski definition) is 9. The minimum atomic E-state index is -3.49. The van der Waals surface area contributed by atoms with Crippen molar-refractivity contribution in [1.29, 1.82) is 0 Å². The van der Waals surface area contributed by atoms with Gasteiger partial charge in [-0.3, -0.25) is 14.8 Å². The van der Waals surface area contributed by atoms with Crippen molar-refractivity contribution in [2.45, 2.75) is 19.9 Å². The van der Waals surface area contributed by atoms with Crippen LogP contribution in [0.4, 0.5) is 11.5 Å². The van der Waals surface area contributed by atoms with Crippen LogP contribution < -0.4 is 24.4 Å².